The summed E-state index contributed by atoms with van der Waals surface area (Å²) in [5.41, 5.74) is -0.436. The van der Waals surface area contributed by atoms with Crippen molar-refractivity contribution >= 4 is 6.09 Å². The minimum atomic E-state index is -0.436. The molecule has 0 aromatic heterocycles. The molecule has 146 valence electrons. The molecule has 0 saturated heterocycles. The molecule has 0 unspecified atom stereocenters. The van der Waals surface area contributed by atoms with Crippen LogP contribution in [-0.4, -0.2) is 43.0 Å². The van der Waals surface area contributed by atoms with Crippen LogP contribution in [0.25, 0.3) is 0 Å². The quantitative estimate of drug-likeness (QED) is 0.556. The predicted octanol–water partition coefficient (Wildman–Crippen LogP) is 4.15. The van der Waals surface area contributed by atoms with E-state index >= 15 is 0 Å². The molecule has 2 N–H and O–H groups in total. The molecule has 1 amide bonds. The van der Waals surface area contributed by atoms with Gasteiger partial charge in [0.1, 0.15) is 5.60 Å². The van der Waals surface area contributed by atoms with Gasteiger partial charge in [-0.15, -0.1) is 0 Å². The highest BCUT2D eigenvalue weighted by molar-refractivity contribution is 5.68. The summed E-state index contributed by atoms with van der Waals surface area (Å²) in [6.07, 6.45) is 12.2. The van der Waals surface area contributed by atoms with Crippen molar-refractivity contribution in [2.75, 3.05) is 13.2 Å². The van der Waals surface area contributed by atoms with Crippen LogP contribution in [0.2, 0.25) is 0 Å². The summed E-state index contributed by atoms with van der Waals surface area (Å²) in [4.78, 5) is 11.8. The van der Waals surface area contributed by atoms with Gasteiger partial charge in [0.05, 0.1) is 12.7 Å². The lowest BCUT2D eigenvalue weighted by Crippen LogP contribution is -2.42. The van der Waals surface area contributed by atoms with Crippen molar-refractivity contribution in [3.8, 4) is 0 Å². The summed E-state index contributed by atoms with van der Waals surface area (Å²) in [5.74, 6) is 0. The molecule has 2 fully saturated rings. The highest BCUT2D eigenvalue weighted by Gasteiger charge is 2.25. The molecular formula is C20H38N2O3. The van der Waals surface area contributed by atoms with Crippen LogP contribution < -0.4 is 10.6 Å². The summed E-state index contributed by atoms with van der Waals surface area (Å²) < 4.78 is 11.4. The average molecular weight is 355 g/mol. The van der Waals surface area contributed by atoms with Crippen molar-refractivity contribution in [1.82, 2.24) is 10.6 Å². The van der Waals surface area contributed by atoms with E-state index in [2.05, 4.69) is 10.6 Å². The van der Waals surface area contributed by atoms with Gasteiger partial charge in [-0.05, 0) is 59.3 Å². The highest BCUT2D eigenvalue weighted by atomic mass is 16.6. The van der Waals surface area contributed by atoms with Crippen LogP contribution in [0.5, 0.6) is 0 Å². The van der Waals surface area contributed by atoms with E-state index < -0.39 is 5.60 Å². The van der Waals surface area contributed by atoms with Gasteiger partial charge in [-0.2, -0.15) is 0 Å². The normalized spacial score (nSPS) is 26.0. The first-order valence-corrected chi connectivity index (χ1v) is 10.3. The third-order valence-corrected chi connectivity index (χ3v) is 5.14. The van der Waals surface area contributed by atoms with Crippen LogP contribution in [0.1, 0.15) is 85.0 Å². The van der Waals surface area contributed by atoms with Crippen LogP contribution in [-0.2, 0) is 9.47 Å². The number of rotatable bonds is 6. The first-order valence-electron chi connectivity index (χ1n) is 10.3. The topological polar surface area (TPSA) is 59.6 Å². The monoisotopic (exact) mass is 354 g/mol. The van der Waals surface area contributed by atoms with E-state index in [4.69, 9.17) is 9.47 Å². The third kappa shape index (κ3) is 8.91. The van der Waals surface area contributed by atoms with Crippen LogP contribution >= 0.6 is 0 Å². The van der Waals surface area contributed by atoms with Crippen LogP contribution in [0.4, 0.5) is 4.79 Å². The molecule has 0 aromatic carbocycles. The SMILES string of the molecule is CC(C)(C)OC(=O)NC1CCC(OCCNC2CCCCCC2)CC1. The van der Waals surface area contributed by atoms with Crippen molar-refractivity contribution < 1.29 is 14.3 Å². The summed E-state index contributed by atoms with van der Waals surface area (Å²) in [6, 6.07) is 0.915. The number of hydrogen-bond donors (Lipinski definition) is 2. The second kappa shape index (κ2) is 10.4. The van der Waals surface area contributed by atoms with Crippen LogP contribution in [0, 0.1) is 0 Å². The first kappa shape index (κ1) is 20.5. The Morgan fingerprint density at radius 3 is 2.16 bits per heavy atom. The Labute approximate surface area is 153 Å². The molecule has 5 heteroatoms. The van der Waals surface area contributed by atoms with Gasteiger partial charge in [0.25, 0.3) is 0 Å². The molecule has 0 radical (unpaired) electrons. The second-order valence-electron chi connectivity index (χ2n) is 8.63. The number of ether oxygens (including phenoxy) is 2. The molecule has 0 aromatic rings. The molecule has 2 saturated carbocycles. The number of carbonyl (C=O) groups excluding carboxylic acids is 1. The van der Waals surface area contributed by atoms with Gasteiger partial charge in [0.15, 0.2) is 0 Å². The summed E-state index contributed by atoms with van der Waals surface area (Å²) in [7, 11) is 0. The molecule has 0 atom stereocenters. The Balaban J connectivity index is 1.52. The zero-order valence-electron chi connectivity index (χ0n) is 16.4. The second-order valence-corrected chi connectivity index (χ2v) is 8.63. The first-order chi connectivity index (χ1) is 11.9. The van der Waals surface area contributed by atoms with Gasteiger partial charge >= 0.3 is 6.09 Å². The minimum Gasteiger partial charge on any atom is -0.444 e. The average Bonchev–Trinajstić information content (AvgIpc) is 2.80. The Hall–Kier alpha value is -0.810. The molecule has 0 spiro atoms. The van der Waals surface area contributed by atoms with Crippen molar-refractivity contribution in [2.24, 2.45) is 0 Å². The summed E-state index contributed by atoms with van der Waals surface area (Å²) >= 11 is 0. The van der Waals surface area contributed by atoms with Crippen molar-refractivity contribution in [3.05, 3.63) is 0 Å². The van der Waals surface area contributed by atoms with Crippen LogP contribution in [0.15, 0.2) is 0 Å². The predicted molar refractivity (Wildman–Crippen MR) is 101 cm³/mol. The molecule has 0 bridgehead atoms. The Morgan fingerprint density at radius 2 is 1.56 bits per heavy atom. The van der Waals surface area contributed by atoms with Crippen molar-refractivity contribution in [1.29, 1.82) is 0 Å². The fourth-order valence-corrected chi connectivity index (χ4v) is 3.82. The van der Waals surface area contributed by atoms with E-state index in [0.29, 0.717) is 12.1 Å². The van der Waals surface area contributed by atoms with Crippen LogP contribution in [0.3, 0.4) is 0 Å². The Morgan fingerprint density at radius 1 is 0.920 bits per heavy atom. The Kier molecular flexibility index (Phi) is 8.50. The number of nitrogens with one attached hydrogen (secondary N) is 2. The molecule has 2 aliphatic rings. The van der Waals surface area contributed by atoms with Crippen molar-refractivity contribution in [3.63, 3.8) is 0 Å². The Bertz CT molecular complexity index is 379. The molecule has 5 nitrogen and oxygen atoms in total. The fraction of sp³-hybridized carbons (Fsp3) is 0.950. The van der Waals surface area contributed by atoms with Gasteiger partial charge in [-0.1, -0.05) is 25.7 Å². The van der Waals surface area contributed by atoms with Gasteiger partial charge in [-0.25, -0.2) is 4.79 Å². The van der Waals surface area contributed by atoms with Gasteiger partial charge in [0.2, 0.25) is 0 Å². The zero-order chi connectivity index (χ0) is 18.1. The van der Waals surface area contributed by atoms with E-state index in [0.717, 1.165) is 38.8 Å². The van der Waals surface area contributed by atoms with E-state index in [1.807, 2.05) is 20.8 Å². The summed E-state index contributed by atoms with van der Waals surface area (Å²) in [6.45, 7) is 7.42. The number of amides is 1. The van der Waals surface area contributed by atoms with Gasteiger partial charge in [-0.3, -0.25) is 0 Å². The summed E-state index contributed by atoms with van der Waals surface area (Å²) in [5, 5.41) is 6.64. The molecule has 2 rings (SSSR count). The lowest BCUT2D eigenvalue weighted by Gasteiger charge is -2.30. The molecule has 0 heterocycles. The maximum Gasteiger partial charge on any atom is 0.407 e. The van der Waals surface area contributed by atoms with Crippen molar-refractivity contribution in [2.45, 2.75) is 109 Å². The zero-order valence-corrected chi connectivity index (χ0v) is 16.4. The third-order valence-electron chi connectivity index (χ3n) is 5.14. The molecule has 0 aliphatic heterocycles. The number of carbonyl (C=O) groups is 1. The maximum absolute atomic E-state index is 11.8. The lowest BCUT2D eigenvalue weighted by molar-refractivity contribution is 0.0186. The number of alkyl carbamates (subject to hydrolysis) is 1. The molecule has 25 heavy (non-hydrogen) atoms. The fourth-order valence-electron chi connectivity index (χ4n) is 3.82. The highest BCUT2D eigenvalue weighted by Crippen LogP contribution is 2.22. The van der Waals surface area contributed by atoms with Gasteiger partial charge < -0.3 is 20.1 Å². The minimum absolute atomic E-state index is 0.221. The number of hydrogen-bond acceptors (Lipinski definition) is 4. The standard InChI is InChI=1S/C20H38N2O3/c1-20(2,3)25-19(23)22-17-10-12-18(13-11-17)24-15-14-21-16-8-6-4-5-7-9-16/h16-18,21H,4-15H2,1-3H3,(H,22,23). The maximum atomic E-state index is 11.8. The molecular weight excluding hydrogens is 316 g/mol. The molecule has 2 aliphatic carbocycles. The lowest BCUT2D eigenvalue weighted by atomic mass is 9.93. The van der Waals surface area contributed by atoms with E-state index in [1.54, 1.807) is 0 Å². The smallest absolute Gasteiger partial charge is 0.407 e. The largest absolute Gasteiger partial charge is 0.444 e. The van der Waals surface area contributed by atoms with E-state index in [1.165, 1.54) is 38.5 Å². The van der Waals surface area contributed by atoms with E-state index in [-0.39, 0.29) is 12.1 Å². The van der Waals surface area contributed by atoms with E-state index in [9.17, 15) is 4.79 Å². The van der Waals surface area contributed by atoms with Gasteiger partial charge in [0, 0.05) is 18.6 Å².